The zero-order valence-electron chi connectivity index (χ0n) is 18.3. The predicted octanol–water partition coefficient (Wildman–Crippen LogP) is 4.36. The average Bonchev–Trinajstić information content (AvgIpc) is 3.08. The van der Waals surface area contributed by atoms with Crippen molar-refractivity contribution in [3.63, 3.8) is 0 Å². The molecule has 170 valence electrons. The number of likely N-dealkylation sites (tertiary alicyclic amines) is 1. The standard InChI is InChI=1S/C24H27FN2O5/c1-31-21-12-17-11-18(23(28)20(17)13-22(21)32-2)14-24(25)7-9-26(10-8-24)15-16-3-5-19(6-4-16)27(29)30/h3-6,12-13,18H,7-11,14-15H2,1-2H3. The number of nitro groups is 1. The van der Waals surface area contributed by atoms with Gasteiger partial charge < -0.3 is 9.47 Å². The average molecular weight is 442 g/mol. The third-order valence-electron chi connectivity index (χ3n) is 6.63. The van der Waals surface area contributed by atoms with Crippen LogP contribution in [-0.2, 0) is 13.0 Å². The number of carbonyl (C=O) groups is 1. The Bertz CT molecular complexity index is 1020. The van der Waals surface area contributed by atoms with Crippen LogP contribution in [-0.4, -0.2) is 48.6 Å². The van der Waals surface area contributed by atoms with E-state index in [2.05, 4.69) is 4.90 Å². The van der Waals surface area contributed by atoms with Crippen LogP contribution < -0.4 is 9.47 Å². The number of nitro benzene ring substituents is 1. The zero-order chi connectivity index (χ0) is 22.9. The van der Waals surface area contributed by atoms with Crippen molar-refractivity contribution in [2.75, 3.05) is 27.3 Å². The lowest BCUT2D eigenvalue weighted by Crippen LogP contribution is -2.42. The first-order valence-electron chi connectivity index (χ1n) is 10.8. The molecule has 2 aliphatic rings. The number of ketones is 1. The van der Waals surface area contributed by atoms with Gasteiger partial charge in [0, 0.05) is 43.2 Å². The molecule has 0 N–H and O–H groups in total. The fourth-order valence-electron chi connectivity index (χ4n) is 4.80. The quantitative estimate of drug-likeness (QED) is 0.468. The van der Waals surface area contributed by atoms with E-state index in [-0.39, 0.29) is 23.8 Å². The Kier molecular flexibility index (Phi) is 6.15. The smallest absolute Gasteiger partial charge is 0.269 e. The van der Waals surface area contributed by atoms with Crippen LogP contribution in [0.3, 0.4) is 0 Å². The molecule has 32 heavy (non-hydrogen) atoms. The number of hydrogen-bond donors (Lipinski definition) is 0. The van der Waals surface area contributed by atoms with E-state index in [4.69, 9.17) is 9.47 Å². The number of non-ortho nitro benzene ring substituents is 1. The van der Waals surface area contributed by atoms with E-state index in [9.17, 15) is 14.9 Å². The first kappa shape index (κ1) is 22.2. The molecule has 0 aromatic heterocycles. The SMILES string of the molecule is COc1cc2c(cc1OC)C(=O)C(CC1(F)CCN(Cc3ccc([N+](=O)[O-])cc3)CC1)C2. The van der Waals surface area contributed by atoms with E-state index < -0.39 is 10.6 Å². The molecule has 1 heterocycles. The maximum atomic E-state index is 15.7. The number of benzene rings is 2. The molecule has 1 unspecified atom stereocenters. The molecular formula is C24H27FN2O5. The van der Waals surface area contributed by atoms with E-state index >= 15 is 4.39 Å². The number of ether oxygens (including phenoxy) is 2. The van der Waals surface area contributed by atoms with Crippen LogP contribution in [0, 0.1) is 16.0 Å². The van der Waals surface area contributed by atoms with Crippen molar-refractivity contribution in [3.8, 4) is 11.5 Å². The molecule has 7 nitrogen and oxygen atoms in total. The normalized spacial score (nSPS) is 20.1. The van der Waals surface area contributed by atoms with Gasteiger partial charge in [0.15, 0.2) is 17.3 Å². The molecule has 0 bridgehead atoms. The molecule has 1 atom stereocenters. The van der Waals surface area contributed by atoms with Gasteiger partial charge in [0.1, 0.15) is 5.67 Å². The van der Waals surface area contributed by atoms with Crippen molar-refractivity contribution in [3.05, 3.63) is 63.2 Å². The van der Waals surface area contributed by atoms with Crippen molar-refractivity contribution >= 4 is 11.5 Å². The largest absolute Gasteiger partial charge is 0.493 e. The summed E-state index contributed by atoms with van der Waals surface area (Å²) >= 11 is 0. The van der Waals surface area contributed by atoms with Gasteiger partial charge in [-0.15, -0.1) is 0 Å². The highest BCUT2D eigenvalue weighted by atomic mass is 19.1. The van der Waals surface area contributed by atoms with Gasteiger partial charge in [0.05, 0.1) is 19.1 Å². The summed E-state index contributed by atoms with van der Waals surface area (Å²) in [6.07, 6.45) is 1.47. The van der Waals surface area contributed by atoms with Crippen LogP contribution in [0.1, 0.15) is 40.7 Å². The maximum absolute atomic E-state index is 15.7. The molecule has 2 aromatic rings. The molecule has 1 aliphatic carbocycles. The summed E-state index contributed by atoms with van der Waals surface area (Å²) in [6, 6.07) is 10.00. The van der Waals surface area contributed by atoms with Gasteiger partial charge in [-0.2, -0.15) is 0 Å². The van der Waals surface area contributed by atoms with Gasteiger partial charge >= 0.3 is 0 Å². The Balaban J connectivity index is 1.35. The van der Waals surface area contributed by atoms with E-state index in [1.54, 1.807) is 25.3 Å². The van der Waals surface area contributed by atoms with Crippen molar-refractivity contribution < 1.29 is 23.6 Å². The second-order valence-electron chi connectivity index (χ2n) is 8.68. The number of piperidine rings is 1. The van der Waals surface area contributed by atoms with Crippen molar-refractivity contribution in [1.82, 2.24) is 4.90 Å². The Morgan fingerprint density at radius 2 is 1.75 bits per heavy atom. The first-order valence-corrected chi connectivity index (χ1v) is 10.8. The number of hydrogen-bond acceptors (Lipinski definition) is 6. The second kappa shape index (κ2) is 8.86. The molecule has 4 rings (SSSR count). The summed E-state index contributed by atoms with van der Waals surface area (Å²) in [5, 5.41) is 10.8. The number of carbonyl (C=O) groups excluding carboxylic acids is 1. The number of rotatable bonds is 7. The van der Waals surface area contributed by atoms with Gasteiger partial charge in [0.2, 0.25) is 0 Å². The minimum absolute atomic E-state index is 0.0220. The lowest BCUT2D eigenvalue weighted by Gasteiger charge is -2.37. The van der Waals surface area contributed by atoms with Crippen LogP contribution in [0.5, 0.6) is 11.5 Å². The third-order valence-corrected chi connectivity index (χ3v) is 6.63. The monoisotopic (exact) mass is 442 g/mol. The van der Waals surface area contributed by atoms with Gasteiger partial charge in [-0.05, 0) is 48.9 Å². The van der Waals surface area contributed by atoms with Crippen molar-refractivity contribution in [2.45, 2.75) is 37.9 Å². The van der Waals surface area contributed by atoms with E-state index in [0.717, 1.165) is 11.1 Å². The number of nitrogens with zero attached hydrogens (tertiary/aromatic N) is 2. The maximum Gasteiger partial charge on any atom is 0.269 e. The van der Waals surface area contributed by atoms with Crippen molar-refractivity contribution in [2.24, 2.45) is 5.92 Å². The van der Waals surface area contributed by atoms with Crippen LogP contribution >= 0.6 is 0 Å². The molecule has 2 aromatic carbocycles. The Hall–Kier alpha value is -3.00. The van der Waals surface area contributed by atoms with E-state index in [0.29, 0.717) is 56.0 Å². The third kappa shape index (κ3) is 4.46. The topological polar surface area (TPSA) is 81.9 Å². The molecule has 0 radical (unpaired) electrons. The number of fused-ring (bicyclic) bond motifs is 1. The van der Waals surface area contributed by atoms with E-state index in [1.165, 1.54) is 19.2 Å². The Morgan fingerprint density at radius 3 is 2.34 bits per heavy atom. The second-order valence-corrected chi connectivity index (χ2v) is 8.68. The molecule has 0 spiro atoms. The van der Waals surface area contributed by atoms with Crippen molar-refractivity contribution in [1.29, 1.82) is 0 Å². The fourth-order valence-corrected chi connectivity index (χ4v) is 4.80. The molecule has 1 saturated heterocycles. The zero-order valence-corrected chi connectivity index (χ0v) is 18.3. The summed E-state index contributed by atoms with van der Waals surface area (Å²) in [7, 11) is 3.09. The summed E-state index contributed by atoms with van der Waals surface area (Å²) < 4.78 is 26.3. The summed E-state index contributed by atoms with van der Waals surface area (Å²) in [4.78, 5) is 25.5. The van der Waals surface area contributed by atoms with Crippen LogP contribution in [0.2, 0.25) is 0 Å². The van der Waals surface area contributed by atoms with Gasteiger partial charge in [-0.3, -0.25) is 19.8 Å². The Morgan fingerprint density at radius 1 is 1.12 bits per heavy atom. The van der Waals surface area contributed by atoms with E-state index in [1.807, 2.05) is 6.07 Å². The molecule has 1 aliphatic heterocycles. The Labute approximate surface area is 186 Å². The van der Waals surface area contributed by atoms with Crippen LogP contribution in [0.4, 0.5) is 10.1 Å². The minimum Gasteiger partial charge on any atom is -0.493 e. The number of halogens is 1. The van der Waals surface area contributed by atoms with Gasteiger partial charge in [-0.1, -0.05) is 12.1 Å². The molecule has 0 saturated carbocycles. The highest BCUT2D eigenvalue weighted by Crippen LogP contribution is 2.42. The van der Waals surface area contributed by atoms with Crippen LogP contribution in [0.15, 0.2) is 36.4 Å². The first-order chi connectivity index (χ1) is 15.3. The van der Waals surface area contributed by atoms with Gasteiger partial charge in [-0.25, -0.2) is 4.39 Å². The lowest BCUT2D eigenvalue weighted by molar-refractivity contribution is -0.384. The highest BCUT2D eigenvalue weighted by Gasteiger charge is 2.41. The number of methoxy groups -OCH3 is 2. The minimum atomic E-state index is -1.37. The highest BCUT2D eigenvalue weighted by molar-refractivity contribution is 6.03. The fraction of sp³-hybridized carbons (Fsp3) is 0.458. The summed E-state index contributed by atoms with van der Waals surface area (Å²) in [5.41, 5.74) is 1.14. The summed E-state index contributed by atoms with van der Waals surface area (Å²) in [6.45, 7) is 1.80. The van der Waals surface area contributed by atoms with Gasteiger partial charge in [0.25, 0.3) is 5.69 Å². The number of Topliss-reactive ketones (excluding diaryl/α,β-unsaturated/α-hetero) is 1. The molecule has 0 amide bonds. The molecule has 8 heteroatoms. The lowest BCUT2D eigenvalue weighted by atomic mass is 9.82. The van der Waals surface area contributed by atoms with Crippen LogP contribution in [0.25, 0.3) is 0 Å². The predicted molar refractivity (Wildman–Crippen MR) is 117 cm³/mol. The summed E-state index contributed by atoms with van der Waals surface area (Å²) in [5.74, 6) is 0.698. The number of alkyl halides is 1. The molecule has 1 fully saturated rings. The molecular weight excluding hydrogens is 415 g/mol.